The standard InChI is InChI=1S/C49H84O39/c1-2-13-35(22(60)29(67)44(76-13)85-38-16(7-53)79-46(32(70)25(38)63)84-36-14(5-51)75-42(73)28(66)21(36)59)82-45-30(68)24(62)39(17(8-54)77-45)86-48-33(71)27(65)41(19(10-56)80-48)88-49-34(72)26(64)40(18(9-55)81-49)87-47-31(69)23(61)37(15(6-52)78-47)83-43-20(58)12(57)3-11(4-50)74-43/h11-73H,2-10H2,1H3. The van der Waals surface area contributed by atoms with Gasteiger partial charge in [0.2, 0.25) is 0 Å². The predicted octanol–water partition coefficient (Wildman–Crippen LogP) is -16.0. The second-order valence-electron chi connectivity index (χ2n) is 22.5. The molecule has 0 amide bonds. The molecule has 24 N–H and O–H groups in total. The average molecular weight is 1300 g/mol. The first-order valence-electron chi connectivity index (χ1n) is 28.5. The SMILES string of the molecule is CCC1OC(OC2C(CO)OC(OC3C(CO)OC(O)C(O)C3O)C(O)C2O)C(O)C(O)C1OC1OC(CO)C(OC2OC(CO)C(OC3OC(CO)C(OC4OC(CO)C(OC5OC(CO)CC(O)C5O)C(O)C4O)C(O)C3O)C(O)C2O)C(O)C1O. The third-order valence-electron chi connectivity index (χ3n) is 16.7. The van der Waals surface area contributed by atoms with Crippen LogP contribution < -0.4 is 0 Å². The van der Waals surface area contributed by atoms with E-state index in [2.05, 4.69) is 0 Å². The van der Waals surface area contributed by atoms with Crippen LogP contribution in [0.2, 0.25) is 0 Å². The third kappa shape index (κ3) is 14.9. The molecule has 8 rings (SSSR count). The summed E-state index contributed by atoms with van der Waals surface area (Å²) in [7, 11) is 0. The highest BCUT2D eigenvalue weighted by Gasteiger charge is 2.59. The largest absolute Gasteiger partial charge is 0.394 e. The first-order chi connectivity index (χ1) is 41.8. The Bertz CT molecular complexity index is 2090. The summed E-state index contributed by atoms with van der Waals surface area (Å²) in [6.07, 6.45) is -72.7. The van der Waals surface area contributed by atoms with Crippen molar-refractivity contribution in [3.63, 3.8) is 0 Å². The van der Waals surface area contributed by atoms with Crippen molar-refractivity contribution in [3.8, 4) is 0 Å². The maximum Gasteiger partial charge on any atom is 0.187 e. The van der Waals surface area contributed by atoms with Crippen LogP contribution in [-0.2, 0) is 71.1 Å². The Morgan fingerprint density at radius 2 is 0.466 bits per heavy atom. The van der Waals surface area contributed by atoms with Gasteiger partial charge in [0.1, 0.15) is 171 Å². The molecule has 0 aromatic carbocycles. The van der Waals surface area contributed by atoms with Crippen molar-refractivity contribution >= 4 is 0 Å². The minimum Gasteiger partial charge on any atom is -0.394 e. The van der Waals surface area contributed by atoms with E-state index in [-0.39, 0.29) is 12.8 Å². The Balaban J connectivity index is 0.850. The summed E-state index contributed by atoms with van der Waals surface area (Å²) < 4.78 is 84.5. The molecule has 39 unspecified atom stereocenters. The van der Waals surface area contributed by atoms with E-state index in [0.717, 1.165) is 0 Å². The number of rotatable bonds is 22. The Hall–Kier alpha value is -1.56. The number of hydrogen-bond acceptors (Lipinski definition) is 39. The van der Waals surface area contributed by atoms with Gasteiger partial charge in [0.15, 0.2) is 50.3 Å². The number of aliphatic hydroxyl groups excluding tert-OH is 24. The summed E-state index contributed by atoms with van der Waals surface area (Å²) in [6, 6.07) is 0. The van der Waals surface area contributed by atoms with Crippen LogP contribution in [0.5, 0.6) is 0 Å². The Kier molecular flexibility index (Phi) is 25.7. The van der Waals surface area contributed by atoms with E-state index in [0.29, 0.717) is 0 Å². The van der Waals surface area contributed by atoms with Crippen LogP contribution in [0.1, 0.15) is 19.8 Å². The van der Waals surface area contributed by atoms with Crippen LogP contribution in [0.4, 0.5) is 0 Å². The number of hydrogen-bond donors (Lipinski definition) is 24. The van der Waals surface area contributed by atoms with Crippen LogP contribution in [0, 0.1) is 0 Å². The normalized spacial score (nSPS) is 53.2. The third-order valence-corrected chi connectivity index (χ3v) is 16.7. The summed E-state index contributed by atoms with van der Waals surface area (Å²) in [5.74, 6) is 0. The molecular formula is C49H84O39. The first kappa shape index (κ1) is 72.3. The fraction of sp³-hybridized carbons (Fsp3) is 1.00. The molecule has 39 heteroatoms. The van der Waals surface area contributed by atoms with Crippen molar-refractivity contribution < 1.29 is 194 Å². The van der Waals surface area contributed by atoms with Gasteiger partial charge in [-0.2, -0.15) is 0 Å². The molecular weight excluding hydrogens is 1210 g/mol. The molecule has 39 atom stereocenters. The van der Waals surface area contributed by atoms with E-state index in [1.54, 1.807) is 0 Å². The molecule has 514 valence electrons. The van der Waals surface area contributed by atoms with Gasteiger partial charge in [0, 0.05) is 6.42 Å². The maximum atomic E-state index is 11.4. The fourth-order valence-electron chi connectivity index (χ4n) is 11.6. The van der Waals surface area contributed by atoms with Crippen molar-refractivity contribution in [2.45, 2.75) is 259 Å². The van der Waals surface area contributed by atoms with Crippen LogP contribution in [-0.4, -0.2) is 408 Å². The smallest absolute Gasteiger partial charge is 0.187 e. The lowest BCUT2D eigenvalue weighted by molar-refractivity contribution is -0.398. The van der Waals surface area contributed by atoms with E-state index in [4.69, 9.17) is 71.1 Å². The molecule has 8 aliphatic heterocycles. The van der Waals surface area contributed by atoms with Gasteiger partial charge >= 0.3 is 0 Å². The second-order valence-corrected chi connectivity index (χ2v) is 22.5. The summed E-state index contributed by atoms with van der Waals surface area (Å²) in [6.45, 7) is -4.95. The molecule has 8 aliphatic rings. The van der Waals surface area contributed by atoms with Gasteiger partial charge in [-0.3, -0.25) is 0 Å². The molecule has 8 saturated heterocycles. The van der Waals surface area contributed by atoms with Gasteiger partial charge in [-0.25, -0.2) is 0 Å². The molecule has 0 saturated carbocycles. The zero-order valence-corrected chi connectivity index (χ0v) is 46.7. The summed E-state index contributed by atoms with van der Waals surface area (Å²) in [5.41, 5.74) is 0. The van der Waals surface area contributed by atoms with Gasteiger partial charge in [-0.15, -0.1) is 0 Å². The second kappa shape index (κ2) is 31.3. The Morgan fingerprint density at radius 1 is 0.250 bits per heavy atom. The van der Waals surface area contributed by atoms with E-state index >= 15 is 0 Å². The first-order valence-corrected chi connectivity index (χ1v) is 28.5. The zero-order valence-electron chi connectivity index (χ0n) is 46.7. The van der Waals surface area contributed by atoms with E-state index in [1.165, 1.54) is 6.92 Å². The summed E-state index contributed by atoms with van der Waals surface area (Å²) in [5, 5.41) is 257. The zero-order chi connectivity index (χ0) is 64.5. The minimum atomic E-state index is -2.22. The van der Waals surface area contributed by atoms with Crippen LogP contribution in [0.25, 0.3) is 0 Å². The quantitative estimate of drug-likeness (QED) is 0.0479. The fourth-order valence-corrected chi connectivity index (χ4v) is 11.6. The van der Waals surface area contributed by atoms with Crippen molar-refractivity contribution in [1.82, 2.24) is 0 Å². The predicted molar refractivity (Wildman–Crippen MR) is 266 cm³/mol. The highest BCUT2D eigenvalue weighted by molar-refractivity contribution is 5.01. The molecule has 8 heterocycles. The molecule has 0 radical (unpaired) electrons. The minimum absolute atomic E-state index is 0.0667. The Morgan fingerprint density at radius 3 is 0.705 bits per heavy atom. The van der Waals surface area contributed by atoms with E-state index < -0.39 is 286 Å². The molecule has 0 aromatic rings. The van der Waals surface area contributed by atoms with Crippen LogP contribution in [0.15, 0.2) is 0 Å². The topological polar surface area (TPSA) is 624 Å². The average Bonchev–Trinajstić information content (AvgIpc) is 1.57. The highest BCUT2D eigenvalue weighted by atomic mass is 16.8. The van der Waals surface area contributed by atoms with Gasteiger partial charge in [-0.1, -0.05) is 6.92 Å². The van der Waals surface area contributed by atoms with Gasteiger partial charge in [0.25, 0.3) is 0 Å². The molecule has 8 fully saturated rings. The van der Waals surface area contributed by atoms with Crippen molar-refractivity contribution in [3.05, 3.63) is 0 Å². The van der Waals surface area contributed by atoms with Crippen LogP contribution in [0.3, 0.4) is 0 Å². The number of ether oxygens (including phenoxy) is 15. The molecule has 0 aliphatic carbocycles. The molecule has 88 heavy (non-hydrogen) atoms. The highest BCUT2D eigenvalue weighted by Crippen LogP contribution is 2.39. The summed E-state index contributed by atoms with van der Waals surface area (Å²) in [4.78, 5) is 0. The molecule has 0 aromatic heterocycles. The van der Waals surface area contributed by atoms with E-state index in [9.17, 15) is 123 Å². The lowest BCUT2D eigenvalue weighted by Crippen LogP contribution is -2.68. The molecule has 0 spiro atoms. The van der Waals surface area contributed by atoms with Gasteiger partial charge in [0.05, 0.1) is 64.6 Å². The van der Waals surface area contributed by atoms with Gasteiger partial charge in [-0.05, 0) is 6.42 Å². The Labute approximate surface area is 498 Å². The molecule has 0 bridgehead atoms. The number of aliphatic hydroxyl groups is 24. The van der Waals surface area contributed by atoms with Crippen molar-refractivity contribution in [1.29, 1.82) is 0 Å². The maximum absolute atomic E-state index is 11.4. The van der Waals surface area contributed by atoms with Gasteiger partial charge < -0.3 is 194 Å². The van der Waals surface area contributed by atoms with Crippen LogP contribution >= 0.6 is 0 Å². The summed E-state index contributed by atoms with van der Waals surface area (Å²) >= 11 is 0. The lowest BCUT2D eigenvalue weighted by atomic mass is 9.94. The molecule has 39 nitrogen and oxygen atoms in total. The lowest BCUT2D eigenvalue weighted by Gasteiger charge is -2.50. The monoisotopic (exact) mass is 1300 g/mol. The van der Waals surface area contributed by atoms with Crippen molar-refractivity contribution in [2.75, 3.05) is 46.2 Å². The van der Waals surface area contributed by atoms with Crippen molar-refractivity contribution in [2.24, 2.45) is 0 Å². The van der Waals surface area contributed by atoms with E-state index in [1.807, 2.05) is 0 Å².